The average Bonchev–Trinajstić information content (AvgIpc) is 3.47. The van der Waals surface area contributed by atoms with E-state index in [1.807, 2.05) is 16.2 Å². The quantitative estimate of drug-likeness (QED) is 0.429. The molecule has 0 spiro atoms. The highest BCUT2D eigenvalue weighted by Crippen LogP contribution is 2.51. The maximum atomic E-state index is 13.9. The fourth-order valence-electron chi connectivity index (χ4n) is 7.06. The number of aromatic nitrogens is 5. The SMILES string of the molecule is CN1CCC(c2cc3c(C4CC4)cn(-c4cccc([C@]5(c6nncn6C)C[C@@H](C)C5)c4)c(=O)c3[nH]2)CC1. The molecular weight excluding hydrogens is 460 g/mol. The van der Waals surface area contributed by atoms with Crippen LogP contribution in [-0.2, 0) is 12.5 Å². The van der Waals surface area contributed by atoms with Gasteiger partial charge in [0, 0.05) is 35.9 Å². The lowest BCUT2D eigenvalue weighted by molar-refractivity contribution is 0.185. The number of fused-ring (bicyclic) bond motifs is 1. The number of aromatic amines is 1. The summed E-state index contributed by atoms with van der Waals surface area (Å²) in [6.45, 7) is 4.52. The summed E-state index contributed by atoms with van der Waals surface area (Å²) in [7, 11) is 4.22. The van der Waals surface area contributed by atoms with Gasteiger partial charge in [0.05, 0.1) is 5.41 Å². The lowest BCUT2D eigenvalue weighted by atomic mass is 9.58. The number of nitrogens with one attached hydrogen (secondary N) is 1. The van der Waals surface area contributed by atoms with Crippen LogP contribution in [0.3, 0.4) is 0 Å². The molecule has 4 aromatic rings. The summed E-state index contributed by atoms with van der Waals surface area (Å²) < 4.78 is 3.94. The molecule has 1 aliphatic heterocycles. The second-order valence-corrected chi connectivity index (χ2v) is 12.0. The van der Waals surface area contributed by atoms with Gasteiger partial charge in [0.1, 0.15) is 17.7 Å². The molecule has 7 rings (SSSR count). The van der Waals surface area contributed by atoms with E-state index in [4.69, 9.17) is 0 Å². The van der Waals surface area contributed by atoms with E-state index in [0.717, 1.165) is 61.2 Å². The van der Waals surface area contributed by atoms with Gasteiger partial charge in [-0.1, -0.05) is 19.1 Å². The second kappa shape index (κ2) is 8.42. The van der Waals surface area contributed by atoms with Crippen LogP contribution in [0, 0.1) is 5.92 Å². The highest BCUT2D eigenvalue weighted by molar-refractivity contribution is 5.84. The molecule has 0 atom stereocenters. The molecule has 37 heavy (non-hydrogen) atoms. The minimum absolute atomic E-state index is 0.0467. The third-order valence-corrected chi connectivity index (χ3v) is 9.24. The number of hydrogen-bond donors (Lipinski definition) is 1. The first-order chi connectivity index (χ1) is 17.9. The van der Waals surface area contributed by atoms with E-state index in [2.05, 4.69) is 70.6 Å². The van der Waals surface area contributed by atoms with Gasteiger partial charge in [-0.2, -0.15) is 0 Å². The number of benzene rings is 1. The monoisotopic (exact) mass is 496 g/mol. The van der Waals surface area contributed by atoms with Crippen LogP contribution in [0.4, 0.5) is 0 Å². The van der Waals surface area contributed by atoms with Crippen molar-refractivity contribution in [3.63, 3.8) is 0 Å². The summed E-state index contributed by atoms with van der Waals surface area (Å²) in [6.07, 6.45) is 10.7. The maximum absolute atomic E-state index is 13.9. The Labute approximate surface area is 217 Å². The Bertz CT molecular complexity index is 1530. The third kappa shape index (κ3) is 3.69. The lowest BCUT2D eigenvalue weighted by Gasteiger charge is -2.46. The predicted molar refractivity (Wildman–Crippen MR) is 146 cm³/mol. The molecule has 2 aliphatic carbocycles. The highest BCUT2D eigenvalue weighted by atomic mass is 16.1. The maximum Gasteiger partial charge on any atom is 0.279 e. The molecule has 7 nitrogen and oxygen atoms in total. The van der Waals surface area contributed by atoms with Crippen molar-refractivity contribution in [2.45, 2.75) is 62.7 Å². The number of hydrogen-bond acceptors (Lipinski definition) is 4. The largest absolute Gasteiger partial charge is 0.354 e. The fourth-order valence-corrected chi connectivity index (χ4v) is 7.06. The second-order valence-electron chi connectivity index (χ2n) is 12.0. The first-order valence-corrected chi connectivity index (χ1v) is 13.8. The van der Waals surface area contributed by atoms with Crippen LogP contribution in [0.5, 0.6) is 0 Å². The zero-order valence-electron chi connectivity index (χ0n) is 22.1. The molecule has 3 aromatic heterocycles. The van der Waals surface area contributed by atoms with Crippen molar-refractivity contribution in [1.82, 2.24) is 29.2 Å². The van der Waals surface area contributed by atoms with Gasteiger partial charge >= 0.3 is 0 Å². The van der Waals surface area contributed by atoms with E-state index in [1.165, 1.54) is 29.7 Å². The van der Waals surface area contributed by atoms with Crippen LogP contribution >= 0.6 is 0 Å². The Morgan fingerprint density at radius 1 is 1.03 bits per heavy atom. The summed E-state index contributed by atoms with van der Waals surface area (Å²) in [5, 5.41) is 9.83. The van der Waals surface area contributed by atoms with E-state index in [-0.39, 0.29) is 11.0 Å². The van der Waals surface area contributed by atoms with E-state index in [1.54, 1.807) is 6.33 Å². The van der Waals surface area contributed by atoms with Gasteiger partial charge in [0.25, 0.3) is 5.56 Å². The van der Waals surface area contributed by atoms with Crippen LogP contribution in [0.25, 0.3) is 16.6 Å². The fraction of sp³-hybridized carbons (Fsp3) is 0.500. The molecule has 192 valence electrons. The van der Waals surface area contributed by atoms with Crippen molar-refractivity contribution in [1.29, 1.82) is 0 Å². The zero-order valence-corrected chi connectivity index (χ0v) is 22.1. The van der Waals surface area contributed by atoms with Crippen molar-refractivity contribution in [2.75, 3.05) is 20.1 Å². The zero-order chi connectivity index (χ0) is 25.3. The number of piperidine rings is 1. The van der Waals surface area contributed by atoms with Gasteiger partial charge in [0.2, 0.25) is 0 Å². The minimum Gasteiger partial charge on any atom is -0.354 e. The molecule has 0 amide bonds. The predicted octanol–water partition coefficient (Wildman–Crippen LogP) is 4.85. The van der Waals surface area contributed by atoms with Crippen LogP contribution < -0.4 is 5.56 Å². The van der Waals surface area contributed by atoms with Crippen LogP contribution in [0.2, 0.25) is 0 Å². The highest BCUT2D eigenvalue weighted by Gasteiger charge is 2.48. The Hall–Kier alpha value is -3.19. The van der Waals surface area contributed by atoms with Crippen molar-refractivity contribution >= 4 is 10.9 Å². The Kier molecular flexibility index (Phi) is 5.22. The molecule has 4 heterocycles. The van der Waals surface area contributed by atoms with Gasteiger partial charge in [-0.15, -0.1) is 10.2 Å². The molecule has 2 saturated carbocycles. The van der Waals surface area contributed by atoms with Crippen molar-refractivity contribution in [3.8, 4) is 5.69 Å². The van der Waals surface area contributed by atoms with Crippen LogP contribution in [0.15, 0.2) is 47.7 Å². The third-order valence-electron chi connectivity index (χ3n) is 9.24. The Morgan fingerprint density at radius 2 is 1.81 bits per heavy atom. The molecule has 3 aliphatic rings. The Balaban J connectivity index is 1.34. The minimum atomic E-state index is -0.151. The van der Waals surface area contributed by atoms with E-state index < -0.39 is 0 Å². The summed E-state index contributed by atoms with van der Waals surface area (Å²) in [5.41, 5.74) is 5.37. The first-order valence-electron chi connectivity index (χ1n) is 13.8. The molecule has 7 heteroatoms. The number of nitrogens with zero attached hydrogens (tertiary/aromatic N) is 5. The molecule has 1 aromatic carbocycles. The number of H-pyrrole nitrogens is 1. The topological polar surface area (TPSA) is 71.7 Å². The van der Waals surface area contributed by atoms with Crippen LogP contribution in [0.1, 0.15) is 79.9 Å². The smallest absolute Gasteiger partial charge is 0.279 e. The van der Waals surface area contributed by atoms with Crippen molar-refractivity contribution in [2.24, 2.45) is 13.0 Å². The lowest BCUT2D eigenvalue weighted by Crippen LogP contribution is -2.43. The number of rotatable bonds is 5. The van der Waals surface area contributed by atoms with Crippen LogP contribution in [-0.4, -0.2) is 49.4 Å². The van der Waals surface area contributed by atoms with Gasteiger partial charge in [-0.05, 0) is 99.8 Å². The van der Waals surface area contributed by atoms with Gasteiger partial charge < -0.3 is 14.5 Å². The van der Waals surface area contributed by atoms with E-state index >= 15 is 0 Å². The number of pyridine rings is 1. The molecule has 3 fully saturated rings. The van der Waals surface area contributed by atoms with E-state index in [0.29, 0.717) is 17.8 Å². The molecule has 1 saturated heterocycles. The molecule has 0 bridgehead atoms. The average molecular weight is 497 g/mol. The summed E-state index contributed by atoms with van der Waals surface area (Å²) in [6, 6.07) is 10.9. The first kappa shape index (κ1) is 23.0. The summed E-state index contributed by atoms with van der Waals surface area (Å²) in [5.74, 6) is 2.70. The Morgan fingerprint density at radius 3 is 2.49 bits per heavy atom. The van der Waals surface area contributed by atoms with E-state index in [9.17, 15) is 4.79 Å². The number of aryl methyl sites for hydroxylation is 1. The standard InChI is InChI=1S/C30H36N6O/c1-19-15-30(16-19,29-33-31-18-35(29)3)22-5-4-6-23(13-22)36-17-25(20-7-8-20)24-14-26(32-27(24)28(36)37)21-9-11-34(2)12-10-21/h4-6,13-14,17-21,32H,7-12,15-16H2,1-3H3/t19-,30+. The molecule has 0 unspecified atom stereocenters. The number of likely N-dealkylation sites (tertiary alicyclic amines) is 1. The molecule has 1 N–H and O–H groups in total. The molecular formula is C30H36N6O. The van der Waals surface area contributed by atoms with Gasteiger partial charge in [-0.25, -0.2) is 0 Å². The molecule has 0 radical (unpaired) electrons. The summed E-state index contributed by atoms with van der Waals surface area (Å²) in [4.78, 5) is 20.0. The van der Waals surface area contributed by atoms with Crippen molar-refractivity contribution < 1.29 is 0 Å². The summed E-state index contributed by atoms with van der Waals surface area (Å²) >= 11 is 0. The van der Waals surface area contributed by atoms with Gasteiger partial charge in [0.15, 0.2) is 0 Å². The normalized spacial score (nSPS) is 25.0. The van der Waals surface area contributed by atoms with Crippen molar-refractivity contribution in [3.05, 3.63) is 75.9 Å². The van der Waals surface area contributed by atoms with Gasteiger partial charge in [-0.3, -0.25) is 9.36 Å².